The molecule has 1 aliphatic rings. The summed E-state index contributed by atoms with van der Waals surface area (Å²) in [7, 11) is 0. The van der Waals surface area contributed by atoms with Crippen LogP contribution in [0.2, 0.25) is 0 Å². The first kappa shape index (κ1) is 13.0. The fourth-order valence-corrected chi connectivity index (χ4v) is 3.00. The second kappa shape index (κ2) is 4.82. The van der Waals surface area contributed by atoms with Gasteiger partial charge in [0.25, 0.3) is 0 Å². The minimum atomic E-state index is -0.249. The number of benzene rings is 2. The minimum Gasteiger partial charge on any atom is -0.482 e. The van der Waals surface area contributed by atoms with Gasteiger partial charge in [0.05, 0.1) is 12.2 Å². The lowest BCUT2D eigenvalue weighted by molar-refractivity contribution is 0.208. The zero-order valence-corrected chi connectivity index (χ0v) is 12.0. The van der Waals surface area contributed by atoms with Gasteiger partial charge < -0.3 is 10.1 Å². The van der Waals surface area contributed by atoms with Gasteiger partial charge in [-0.15, -0.1) is 0 Å². The third kappa shape index (κ3) is 2.24. The van der Waals surface area contributed by atoms with E-state index in [9.17, 15) is 4.39 Å². The van der Waals surface area contributed by atoms with Crippen LogP contribution in [0.5, 0.6) is 5.75 Å². The van der Waals surface area contributed by atoms with Crippen molar-refractivity contribution in [2.24, 2.45) is 0 Å². The quantitative estimate of drug-likeness (QED) is 0.835. The highest BCUT2D eigenvalue weighted by Crippen LogP contribution is 2.36. The fraction of sp³-hybridized carbons (Fsp3) is 0.294. The van der Waals surface area contributed by atoms with Crippen LogP contribution >= 0.6 is 0 Å². The van der Waals surface area contributed by atoms with Crippen molar-refractivity contribution in [3.8, 4) is 5.75 Å². The van der Waals surface area contributed by atoms with Crippen LogP contribution in [-0.4, -0.2) is 6.54 Å². The van der Waals surface area contributed by atoms with Crippen molar-refractivity contribution in [1.82, 2.24) is 0 Å². The van der Waals surface area contributed by atoms with Crippen LogP contribution in [-0.2, 0) is 0 Å². The number of nitrogens with one attached hydrogen (secondary N) is 1. The summed E-state index contributed by atoms with van der Waals surface area (Å²) < 4.78 is 19.2. The SMILES string of the molecule is Cc1cc(C)c(C2CNc3cc(F)ccc3O2)c(C)c1. The van der Waals surface area contributed by atoms with E-state index in [0.29, 0.717) is 12.3 Å². The van der Waals surface area contributed by atoms with Crippen molar-refractivity contribution in [2.45, 2.75) is 26.9 Å². The molecule has 0 fully saturated rings. The Balaban J connectivity index is 1.96. The molecule has 2 nitrogen and oxygen atoms in total. The molecule has 1 heterocycles. The Labute approximate surface area is 118 Å². The lowest BCUT2D eigenvalue weighted by Crippen LogP contribution is -2.25. The van der Waals surface area contributed by atoms with Gasteiger partial charge in [0, 0.05) is 6.07 Å². The first-order chi connectivity index (χ1) is 9.54. The number of rotatable bonds is 1. The minimum absolute atomic E-state index is 0.0337. The number of aryl methyl sites for hydroxylation is 3. The molecule has 0 bridgehead atoms. The van der Waals surface area contributed by atoms with E-state index < -0.39 is 0 Å². The summed E-state index contributed by atoms with van der Waals surface area (Å²) in [6.07, 6.45) is -0.0337. The maximum atomic E-state index is 13.2. The molecule has 0 aliphatic carbocycles. The number of hydrogen-bond acceptors (Lipinski definition) is 2. The van der Waals surface area contributed by atoms with Gasteiger partial charge >= 0.3 is 0 Å². The first-order valence-electron chi connectivity index (χ1n) is 6.82. The Morgan fingerprint density at radius 2 is 1.80 bits per heavy atom. The van der Waals surface area contributed by atoms with Crippen LogP contribution in [0.25, 0.3) is 0 Å². The Morgan fingerprint density at radius 1 is 1.10 bits per heavy atom. The molecule has 1 atom stereocenters. The molecule has 1 aliphatic heterocycles. The van der Waals surface area contributed by atoms with Crippen molar-refractivity contribution in [3.05, 3.63) is 58.4 Å². The molecule has 0 saturated carbocycles. The predicted octanol–water partition coefficient (Wildman–Crippen LogP) is 4.30. The van der Waals surface area contributed by atoms with Gasteiger partial charge in [0.2, 0.25) is 0 Å². The van der Waals surface area contributed by atoms with E-state index in [4.69, 9.17) is 4.74 Å². The largest absolute Gasteiger partial charge is 0.482 e. The van der Waals surface area contributed by atoms with Crippen molar-refractivity contribution >= 4 is 5.69 Å². The number of ether oxygens (including phenoxy) is 1. The maximum Gasteiger partial charge on any atom is 0.143 e. The normalized spacial score (nSPS) is 17.1. The van der Waals surface area contributed by atoms with Crippen LogP contribution in [0.15, 0.2) is 30.3 Å². The Hall–Kier alpha value is -2.03. The monoisotopic (exact) mass is 271 g/mol. The topological polar surface area (TPSA) is 21.3 Å². The lowest BCUT2D eigenvalue weighted by atomic mass is 9.95. The lowest BCUT2D eigenvalue weighted by Gasteiger charge is -2.29. The zero-order valence-electron chi connectivity index (χ0n) is 12.0. The molecule has 2 aromatic carbocycles. The highest BCUT2D eigenvalue weighted by molar-refractivity contribution is 5.59. The smallest absolute Gasteiger partial charge is 0.143 e. The second-order valence-electron chi connectivity index (χ2n) is 5.44. The average Bonchev–Trinajstić information content (AvgIpc) is 2.37. The summed E-state index contributed by atoms with van der Waals surface area (Å²) in [5.41, 5.74) is 5.68. The summed E-state index contributed by atoms with van der Waals surface area (Å²) in [6.45, 7) is 6.97. The van der Waals surface area contributed by atoms with Gasteiger partial charge in [0.15, 0.2) is 0 Å². The molecular weight excluding hydrogens is 253 g/mol. The van der Waals surface area contributed by atoms with Crippen molar-refractivity contribution in [2.75, 3.05) is 11.9 Å². The summed E-state index contributed by atoms with van der Waals surface area (Å²) in [6, 6.07) is 8.93. The molecule has 0 spiro atoms. The number of anilines is 1. The summed E-state index contributed by atoms with van der Waals surface area (Å²) >= 11 is 0. The molecule has 3 rings (SSSR count). The van der Waals surface area contributed by atoms with Gasteiger partial charge in [-0.3, -0.25) is 0 Å². The molecule has 20 heavy (non-hydrogen) atoms. The highest BCUT2D eigenvalue weighted by atomic mass is 19.1. The van der Waals surface area contributed by atoms with E-state index >= 15 is 0 Å². The van der Waals surface area contributed by atoms with E-state index in [2.05, 4.69) is 38.2 Å². The molecule has 1 unspecified atom stereocenters. The van der Waals surface area contributed by atoms with Crippen LogP contribution in [0, 0.1) is 26.6 Å². The highest BCUT2D eigenvalue weighted by Gasteiger charge is 2.24. The number of fused-ring (bicyclic) bond motifs is 1. The molecule has 1 N–H and O–H groups in total. The molecule has 0 saturated heterocycles. The van der Waals surface area contributed by atoms with Crippen LogP contribution < -0.4 is 10.1 Å². The molecular formula is C17H18FNO. The number of hydrogen-bond donors (Lipinski definition) is 1. The van der Waals surface area contributed by atoms with Gasteiger partial charge in [-0.25, -0.2) is 4.39 Å². The fourth-order valence-electron chi connectivity index (χ4n) is 3.00. The molecule has 2 aromatic rings. The van der Waals surface area contributed by atoms with Crippen molar-refractivity contribution in [1.29, 1.82) is 0 Å². The van der Waals surface area contributed by atoms with E-state index in [0.717, 1.165) is 5.69 Å². The van der Waals surface area contributed by atoms with E-state index in [1.807, 2.05) is 0 Å². The Morgan fingerprint density at radius 3 is 2.50 bits per heavy atom. The van der Waals surface area contributed by atoms with Crippen LogP contribution in [0.4, 0.5) is 10.1 Å². The van der Waals surface area contributed by atoms with Crippen LogP contribution in [0.3, 0.4) is 0 Å². The van der Waals surface area contributed by atoms with Crippen LogP contribution in [0.1, 0.15) is 28.4 Å². The molecule has 0 amide bonds. The standard InChI is InChI=1S/C17H18FNO/c1-10-6-11(2)17(12(3)7-10)16-9-19-14-8-13(18)4-5-15(14)20-16/h4-8,16,19H,9H2,1-3H3. The maximum absolute atomic E-state index is 13.2. The summed E-state index contributed by atoms with van der Waals surface area (Å²) in [5, 5.41) is 3.26. The van der Waals surface area contributed by atoms with Gasteiger partial charge in [-0.2, -0.15) is 0 Å². The summed E-state index contributed by atoms with van der Waals surface area (Å²) in [4.78, 5) is 0. The Kier molecular flexibility index (Phi) is 3.13. The average molecular weight is 271 g/mol. The molecule has 0 radical (unpaired) electrons. The second-order valence-corrected chi connectivity index (χ2v) is 5.44. The van der Waals surface area contributed by atoms with E-state index in [-0.39, 0.29) is 11.9 Å². The molecule has 104 valence electrons. The third-order valence-corrected chi connectivity index (χ3v) is 3.75. The molecule has 3 heteroatoms. The predicted molar refractivity (Wildman–Crippen MR) is 78.9 cm³/mol. The van der Waals surface area contributed by atoms with E-state index in [1.165, 1.54) is 34.4 Å². The van der Waals surface area contributed by atoms with Gasteiger partial charge in [0.1, 0.15) is 17.7 Å². The van der Waals surface area contributed by atoms with Gasteiger partial charge in [-0.1, -0.05) is 17.7 Å². The first-order valence-corrected chi connectivity index (χ1v) is 6.82. The van der Waals surface area contributed by atoms with Crippen molar-refractivity contribution < 1.29 is 9.13 Å². The van der Waals surface area contributed by atoms with E-state index in [1.54, 1.807) is 6.07 Å². The van der Waals surface area contributed by atoms with Gasteiger partial charge in [-0.05, 0) is 49.6 Å². The molecule has 0 aromatic heterocycles. The Bertz CT molecular complexity index is 643. The summed E-state index contributed by atoms with van der Waals surface area (Å²) in [5.74, 6) is 0.461. The number of halogens is 1. The third-order valence-electron chi connectivity index (χ3n) is 3.75. The zero-order chi connectivity index (χ0) is 14.3. The van der Waals surface area contributed by atoms with Crippen molar-refractivity contribution in [3.63, 3.8) is 0 Å².